The SMILES string of the molecule is C[Si](C)(C)C#Cc1c([Si](C)(C)C)nnn1Cc1ccccc1Br. The summed E-state index contributed by atoms with van der Waals surface area (Å²) in [4.78, 5) is 0. The quantitative estimate of drug-likeness (QED) is 0.572. The lowest BCUT2D eigenvalue weighted by molar-refractivity contribution is 0.642. The Hall–Kier alpha value is -1.17. The number of benzene rings is 1. The van der Waals surface area contributed by atoms with E-state index in [1.807, 2.05) is 16.8 Å². The van der Waals surface area contributed by atoms with Crippen LogP contribution in [-0.2, 0) is 6.54 Å². The van der Waals surface area contributed by atoms with Gasteiger partial charge in [0.25, 0.3) is 0 Å². The Balaban J connectivity index is 2.50. The summed E-state index contributed by atoms with van der Waals surface area (Å²) in [5.41, 5.74) is 5.67. The third kappa shape index (κ3) is 4.90. The number of aromatic nitrogens is 3. The highest BCUT2D eigenvalue weighted by Crippen LogP contribution is 2.17. The number of nitrogens with zero attached hydrogens (tertiary/aromatic N) is 3. The van der Waals surface area contributed by atoms with E-state index in [4.69, 9.17) is 0 Å². The maximum atomic E-state index is 4.49. The van der Waals surface area contributed by atoms with Crippen molar-refractivity contribution in [2.45, 2.75) is 45.8 Å². The summed E-state index contributed by atoms with van der Waals surface area (Å²) < 4.78 is 3.05. The second-order valence-electron chi connectivity index (χ2n) is 7.79. The molecule has 0 N–H and O–H groups in total. The highest BCUT2D eigenvalue weighted by molar-refractivity contribution is 9.10. The zero-order valence-corrected chi connectivity index (χ0v) is 18.3. The van der Waals surface area contributed by atoms with Crippen LogP contribution in [0.15, 0.2) is 28.7 Å². The van der Waals surface area contributed by atoms with Crippen LogP contribution in [0.2, 0.25) is 39.3 Å². The lowest BCUT2D eigenvalue weighted by Gasteiger charge is -2.13. The third-order valence-electron chi connectivity index (χ3n) is 3.28. The van der Waals surface area contributed by atoms with Crippen molar-refractivity contribution in [3.63, 3.8) is 0 Å². The van der Waals surface area contributed by atoms with Crippen molar-refractivity contribution in [2.24, 2.45) is 0 Å². The van der Waals surface area contributed by atoms with Gasteiger partial charge in [0.15, 0.2) is 0 Å². The Morgan fingerprint density at radius 3 is 2.30 bits per heavy atom. The molecule has 1 aromatic heterocycles. The predicted octanol–water partition coefficient (Wildman–Crippen LogP) is 3.86. The molecule has 0 amide bonds. The summed E-state index contributed by atoms with van der Waals surface area (Å²) in [5.74, 6) is 3.42. The Kier molecular flexibility index (Phi) is 5.34. The molecule has 3 nitrogen and oxygen atoms in total. The molecule has 0 aliphatic carbocycles. The van der Waals surface area contributed by atoms with Crippen LogP contribution < -0.4 is 5.32 Å². The van der Waals surface area contributed by atoms with Gasteiger partial charge >= 0.3 is 0 Å². The standard InChI is InChI=1S/C17H24BrN3Si2/c1-22(2,3)12-11-16-17(23(4,5)6)19-20-21(16)13-14-9-7-8-10-15(14)18/h7-10H,13H2,1-6H3. The molecular formula is C17H24BrN3Si2. The summed E-state index contributed by atoms with van der Waals surface area (Å²) >= 11 is 3.61. The predicted molar refractivity (Wildman–Crippen MR) is 106 cm³/mol. The number of rotatable bonds is 3. The van der Waals surface area contributed by atoms with Gasteiger partial charge < -0.3 is 0 Å². The van der Waals surface area contributed by atoms with E-state index in [0.717, 1.165) is 15.5 Å². The summed E-state index contributed by atoms with van der Waals surface area (Å²) in [6.07, 6.45) is 0. The molecule has 0 saturated carbocycles. The van der Waals surface area contributed by atoms with Crippen molar-refractivity contribution < 1.29 is 0 Å². The zero-order valence-electron chi connectivity index (χ0n) is 14.7. The first-order chi connectivity index (χ1) is 10.6. The molecule has 0 aliphatic heterocycles. The Morgan fingerprint density at radius 2 is 1.74 bits per heavy atom. The lowest BCUT2D eigenvalue weighted by atomic mass is 10.2. The first kappa shape index (κ1) is 18.2. The van der Waals surface area contributed by atoms with Gasteiger partial charge in [-0.15, -0.1) is 10.6 Å². The second-order valence-corrected chi connectivity index (χ2v) is 18.4. The molecule has 2 rings (SSSR count). The van der Waals surface area contributed by atoms with E-state index in [9.17, 15) is 0 Å². The maximum absolute atomic E-state index is 4.49. The summed E-state index contributed by atoms with van der Waals surface area (Å²) in [6, 6.07) is 8.23. The van der Waals surface area contributed by atoms with Crippen molar-refractivity contribution in [1.82, 2.24) is 15.0 Å². The molecule has 0 aliphatic rings. The molecule has 6 heteroatoms. The van der Waals surface area contributed by atoms with E-state index in [2.05, 4.69) is 89.1 Å². The summed E-state index contributed by atoms with van der Waals surface area (Å²) in [5, 5.41) is 10.0. The van der Waals surface area contributed by atoms with Crippen molar-refractivity contribution in [2.75, 3.05) is 0 Å². The third-order valence-corrected chi connectivity index (χ3v) is 6.69. The molecule has 0 unspecified atom stereocenters. The molecule has 1 aromatic carbocycles. The molecule has 1 heterocycles. The van der Waals surface area contributed by atoms with Crippen LogP contribution in [0.25, 0.3) is 0 Å². The van der Waals surface area contributed by atoms with Gasteiger partial charge in [0, 0.05) is 4.47 Å². The minimum atomic E-state index is -1.58. The number of halogens is 1. The van der Waals surface area contributed by atoms with Gasteiger partial charge in [0.05, 0.1) is 11.9 Å². The Morgan fingerprint density at radius 1 is 1.09 bits per heavy atom. The van der Waals surface area contributed by atoms with Crippen LogP contribution in [0.3, 0.4) is 0 Å². The average molecular weight is 406 g/mol. The van der Waals surface area contributed by atoms with Crippen LogP contribution in [0.5, 0.6) is 0 Å². The minimum Gasteiger partial charge on any atom is -0.233 e. The molecular weight excluding hydrogens is 382 g/mol. The van der Waals surface area contributed by atoms with E-state index >= 15 is 0 Å². The first-order valence-electron chi connectivity index (χ1n) is 7.78. The van der Waals surface area contributed by atoms with Gasteiger partial charge in [-0.1, -0.05) is 84.5 Å². The molecule has 23 heavy (non-hydrogen) atoms. The average Bonchev–Trinajstić information content (AvgIpc) is 2.81. The van der Waals surface area contributed by atoms with Gasteiger partial charge in [-0.25, -0.2) is 4.68 Å². The maximum Gasteiger partial charge on any atom is 0.129 e. The van der Waals surface area contributed by atoms with E-state index in [0.29, 0.717) is 6.54 Å². The van der Waals surface area contributed by atoms with Gasteiger partial charge in [-0.3, -0.25) is 0 Å². The van der Waals surface area contributed by atoms with Gasteiger partial charge in [0.1, 0.15) is 21.8 Å². The van der Waals surface area contributed by atoms with Crippen LogP contribution in [0.1, 0.15) is 11.3 Å². The van der Waals surface area contributed by atoms with Gasteiger partial charge in [-0.2, -0.15) is 0 Å². The van der Waals surface area contributed by atoms with E-state index < -0.39 is 16.1 Å². The molecule has 0 radical (unpaired) electrons. The highest BCUT2D eigenvalue weighted by atomic mass is 79.9. The fraction of sp³-hybridized carbons (Fsp3) is 0.412. The Bertz CT molecular complexity index is 759. The molecule has 0 atom stereocenters. The minimum absolute atomic E-state index is 0.689. The van der Waals surface area contributed by atoms with Gasteiger partial charge in [-0.05, 0) is 11.6 Å². The lowest BCUT2D eigenvalue weighted by Crippen LogP contribution is -2.41. The van der Waals surface area contributed by atoms with Crippen LogP contribution in [-0.4, -0.2) is 31.1 Å². The monoisotopic (exact) mass is 405 g/mol. The normalized spacial score (nSPS) is 12.0. The van der Waals surface area contributed by atoms with Crippen molar-refractivity contribution in [3.05, 3.63) is 40.0 Å². The Labute approximate surface area is 149 Å². The largest absolute Gasteiger partial charge is 0.233 e. The second kappa shape index (κ2) is 6.75. The molecule has 122 valence electrons. The van der Waals surface area contributed by atoms with Crippen LogP contribution in [0.4, 0.5) is 0 Å². The van der Waals surface area contributed by atoms with Crippen molar-refractivity contribution in [1.29, 1.82) is 0 Å². The first-order valence-corrected chi connectivity index (χ1v) is 15.6. The molecule has 0 bridgehead atoms. The van der Waals surface area contributed by atoms with Crippen LogP contribution in [0, 0.1) is 11.5 Å². The zero-order chi connectivity index (χ0) is 17.3. The molecule has 0 spiro atoms. The van der Waals surface area contributed by atoms with E-state index in [1.165, 1.54) is 5.56 Å². The van der Waals surface area contributed by atoms with Gasteiger partial charge in [0.2, 0.25) is 0 Å². The molecule has 2 aromatic rings. The van der Waals surface area contributed by atoms with E-state index in [1.54, 1.807) is 0 Å². The fourth-order valence-electron chi connectivity index (χ4n) is 2.09. The highest BCUT2D eigenvalue weighted by Gasteiger charge is 2.26. The number of hydrogen-bond donors (Lipinski definition) is 0. The topological polar surface area (TPSA) is 30.7 Å². The molecule has 0 saturated heterocycles. The molecule has 0 fully saturated rings. The smallest absolute Gasteiger partial charge is 0.129 e. The van der Waals surface area contributed by atoms with Crippen LogP contribution >= 0.6 is 15.9 Å². The van der Waals surface area contributed by atoms with Crippen molar-refractivity contribution >= 4 is 37.4 Å². The fourth-order valence-corrected chi connectivity index (χ4v) is 4.24. The summed E-state index contributed by atoms with van der Waals surface area (Å²) in [6.45, 7) is 14.3. The van der Waals surface area contributed by atoms with E-state index in [-0.39, 0.29) is 0 Å². The van der Waals surface area contributed by atoms with Crippen molar-refractivity contribution in [3.8, 4) is 11.5 Å². The number of hydrogen-bond acceptors (Lipinski definition) is 2. The summed E-state index contributed by atoms with van der Waals surface area (Å²) in [7, 11) is -3.02.